The lowest BCUT2D eigenvalue weighted by Crippen LogP contribution is -2.46. The van der Waals surface area contributed by atoms with E-state index in [-0.39, 0.29) is 5.91 Å². The number of aryl methyl sites for hydroxylation is 2. The fourth-order valence-electron chi connectivity index (χ4n) is 2.73. The minimum absolute atomic E-state index is 0.0699. The van der Waals surface area contributed by atoms with Gasteiger partial charge in [0, 0.05) is 12.1 Å². The highest BCUT2D eigenvalue weighted by atomic mass is 16.2. The van der Waals surface area contributed by atoms with E-state index < -0.39 is 0 Å². The molecule has 1 amide bonds. The molecule has 0 bridgehead atoms. The molecule has 0 spiro atoms. The van der Waals surface area contributed by atoms with Crippen molar-refractivity contribution in [2.75, 3.05) is 32.5 Å². The van der Waals surface area contributed by atoms with E-state index >= 15 is 0 Å². The lowest BCUT2D eigenvalue weighted by atomic mass is 10.1. The van der Waals surface area contributed by atoms with Gasteiger partial charge >= 0.3 is 0 Å². The van der Waals surface area contributed by atoms with Gasteiger partial charge in [-0.25, -0.2) is 0 Å². The molecule has 0 saturated carbocycles. The molecule has 3 nitrogen and oxygen atoms in total. The van der Waals surface area contributed by atoms with Crippen molar-refractivity contribution < 1.29 is 9.28 Å². The Morgan fingerprint density at radius 1 is 0.957 bits per heavy atom. The maximum Gasteiger partial charge on any atom is 0.279 e. The molecule has 0 aromatic heterocycles. The number of quaternary nitrogens is 1. The van der Waals surface area contributed by atoms with Gasteiger partial charge in [0.2, 0.25) is 0 Å². The molecular weight excluding hydrogens is 284 g/mol. The predicted octanol–water partition coefficient (Wildman–Crippen LogP) is 3.56. The van der Waals surface area contributed by atoms with Crippen LogP contribution >= 0.6 is 0 Å². The van der Waals surface area contributed by atoms with Crippen LogP contribution in [0, 0.1) is 13.8 Å². The molecule has 2 aromatic carbocycles. The highest BCUT2D eigenvalue weighted by molar-refractivity contribution is 5.93. The zero-order chi connectivity index (χ0) is 16.9. The Balaban J connectivity index is 1.93. The van der Waals surface area contributed by atoms with Gasteiger partial charge in [-0.3, -0.25) is 4.79 Å². The van der Waals surface area contributed by atoms with E-state index in [0.29, 0.717) is 11.0 Å². The van der Waals surface area contributed by atoms with Crippen LogP contribution in [0.4, 0.5) is 5.69 Å². The molecule has 1 N–H and O–H groups in total. The standard InChI is InChI=1S/C20H26N2O/c1-16-9-8-10-17(2)20(16)21-19(23)15-22(3,4)14-13-18-11-6-5-7-12-18/h5-12H,13-15H2,1-4H3/p+1. The first-order valence-electron chi connectivity index (χ1n) is 8.09. The van der Waals surface area contributed by atoms with Crippen molar-refractivity contribution >= 4 is 11.6 Å². The number of nitrogens with one attached hydrogen (secondary N) is 1. The predicted molar refractivity (Wildman–Crippen MR) is 96.5 cm³/mol. The quantitative estimate of drug-likeness (QED) is 0.812. The van der Waals surface area contributed by atoms with Crippen molar-refractivity contribution in [2.24, 2.45) is 0 Å². The summed E-state index contributed by atoms with van der Waals surface area (Å²) in [5, 5.41) is 3.08. The number of rotatable bonds is 6. The lowest BCUT2D eigenvalue weighted by Gasteiger charge is -2.29. The summed E-state index contributed by atoms with van der Waals surface area (Å²) in [7, 11) is 4.21. The molecule has 0 aliphatic rings. The first-order valence-corrected chi connectivity index (χ1v) is 8.09. The minimum Gasteiger partial charge on any atom is -0.321 e. The fraction of sp³-hybridized carbons (Fsp3) is 0.350. The number of hydrogen-bond acceptors (Lipinski definition) is 1. The number of benzene rings is 2. The van der Waals surface area contributed by atoms with Crippen LogP contribution in [-0.2, 0) is 11.2 Å². The van der Waals surface area contributed by atoms with Crippen molar-refractivity contribution in [2.45, 2.75) is 20.3 Å². The molecule has 0 atom stereocenters. The van der Waals surface area contributed by atoms with E-state index in [4.69, 9.17) is 0 Å². The number of amides is 1. The Morgan fingerprint density at radius 3 is 2.17 bits per heavy atom. The highest BCUT2D eigenvalue weighted by Gasteiger charge is 2.20. The third-order valence-corrected chi connectivity index (χ3v) is 4.17. The van der Waals surface area contributed by atoms with E-state index in [0.717, 1.165) is 29.8 Å². The molecule has 0 aliphatic carbocycles. The normalized spacial score (nSPS) is 11.3. The van der Waals surface area contributed by atoms with Crippen molar-refractivity contribution in [1.82, 2.24) is 0 Å². The summed E-state index contributed by atoms with van der Waals surface area (Å²) < 4.78 is 0.672. The SMILES string of the molecule is Cc1cccc(C)c1NC(=O)C[N+](C)(C)CCc1ccccc1. The van der Waals surface area contributed by atoms with Gasteiger partial charge in [0.1, 0.15) is 0 Å². The molecule has 122 valence electrons. The maximum absolute atomic E-state index is 12.4. The second-order valence-electron chi connectivity index (χ2n) is 6.87. The van der Waals surface area contributed by atoms with Crippen LogP contribution in [-0.4, -0.2) is 37.6 Å². The number of para-hydroxylation sites is 1. The Bertz CT molecular complexity index is 642. The van der Waals surface area contributed by atoms with Crippen LogP contribution in [0.2, 0.25) is 0 Å². The zero-order valence-electron chi connectivity index (χ0n) is 14.6. The number of carbonyl (C=O) groups excluding carboxylic acids is 1. The second-order valence-corrected chi connectivity index (χ2v) is 6.87. The minimum atomic E-state index is 0.0699. The van der Waals surface area contributed by atoms with Gasteiger partial charge in [-0.05, 0) is 30.5 Å². The summed E-state index contributed by atoms with van der Waals surface area (Å²) in [6.07, 6.45) is 0.977. The zero-order valence-corrected chi connectivity index (χ0v) is 14.6. The van der Waals surface area contributed by atoms with Gasteiger partial charge in [0.05, 0.1) is 20.6 Å². The van der Waals surface area contributed by atoms with Crippen LogP contribution in [0.1, 0.15) is 16.7 Å². The largest absolute Gasteiger partial charge is 0.321 e. The molecule has 2 rings (SSSR count). The van der Waals surface area contributed by atoms with Gasteiger partial charge in [0.15, 0.2) is 6.54 Å². The topological polar surface area (TPSA) is 29.1 Å². The van der Waals surface area contributed by atoms with Gasteiger partial charge in [-0.2, -0.15) is 0 Å². The number of hydrogen-bond donors (Lipinski definition) is 1. The summed E-state index contributed by atoms with van der Waals surface area (Å²) in [6, 6.07) is 16.5. The molecule has 0 fully saturated rings. The molecule has 23 heavy (non-hydrogen) atoms. The summed E-state index contributed by atoms with van der Waals surface area (Å²) in [4.78, 5) is 12.4. The van der Waals surface area contributed by atoms with Crippen molar-refractivity contribution in [3.05, 3.63) is 65.2 Å². The molecule has 0 saturated heterocycles. The second kappa shape index (κ2) is 7.42. The van der Waals surface area contributed by atoms with E-state index in [9.17, 15) is 4.79 Å². The average Bonchev–Trinajstić information content (AvgIpc) is 2.50. The Labute approximate surface area is 139 Å². The number of anilines is 1. The molecule has 0 unspecified atom stereocenters. The van der Waals surface area contributed by atoms with E-state index in [2.05, 4.69) is 43.7 Å². The molecule has 2 aromatic rings. The summed E-state index contributed by atoms with van der Waals surface area (Å²) in [5.41, 5.74) is 4.47. The molecule has 0 radical (unpaired) electrons. The van der Waals surface area contributed by atoms with Gasteiger partial charge in [0.25, 0.3) is 5.91 Å². The molecule has 0 heterocycles. The van der Waals surface area contributed by atoms with E-state index in [1.807, 2.05) is 38.1 Å². The molecule has 0 aliphatic heterocycles. The summed E-state index contributed by atoms with van der Waals surface area (Å²) in [6.45, 7) is 5.46. The van der Waals surface area contributed by atoms with Crippen molar-refractivity contribution in [3.8, 4) is 0 Å². The summed E-state index contributed by atoms with van der Waals surface area (Å²) >= 11 is 0. The van der Waals surface area contributed by atoms with Gasteiger partial charge in [-0.15, -0.1) is 0 Å². The number of likely N-dealkylation sites (N-methyl/N-ethyl adjacent to an activating group) is 1. The number of carbonyl (C=O) groups is 1. The van der Waals surface area contributed by atoms with Crippen molar-refractivity contribution in [3.63, 3.8) is 0 Å². The highest BCUT2D eigenvalue weighted by Crippen LogP contribution is 2.19. The average molecular weight is 311 g/mol. The van der Waals surface area contributed by atoms with E-state index in [1.165, 1.54) is 5.56 Å². The van der Waals surface area contributed by atoms with E-state index in [1.54, 1.807) is 0 Å². The molecule has 3 heteroatoms. The molecular formula is C20H27N2O+. The Hall–Kier alpha value is -2.13. The van der Waals surface area contributed by atoms with Crippen LogP contribution in [0.25, 0.3) is 0 Å². The third-order valence-electron chi connectivity index (χ3n) is 4.17. The number of nitrogens with zero attached hydrogens (tertiary/aromatic N) is 1. The fourth-order valence-corrected chi connectivity index (χ4v) is 2.73. The monoisotopic (exact) mass is 311 g/mol. The first-order chi connectivity index (χ1) is 10.9. The maximum atomic E-state index is 12.4. The first kappa shape index (κ1) is 17.2. The van der Waals surface area contributed by atoms with Crippen LogP contribution in [0.5, 0.6) is 0 Å². The van der Waals surface area contributed by atoms with Crippen LogP contribution in [0.15, 0.2) is 48.5 Å². The smallest absolute Gasteiger partial charge is 0.279 e. The van der Waals surface area contributed by atoms with Crippen LogP contribution < -0.4 is 5.32 Å². The van der Waals surface area contributed by atoms with Gasteiger partial charge in [-0.1, -0.05) is 48.5 Å². The summed E-state index contributed by atoms with van der Waals surface area (Å²) in [5.74, 6) is 0.0699. The lowest BCUT2D eigenvalue weighted by molar-refractivity contribution is -0.882. The van der Waals surface area contributed by atoms with Gasteiger partial charge < -0.3 is 9.80 Å². The third kappa shape index (κ3) is 5.22. The Kier molecular flexibility index (Phi) is 5.56. The van der Waals surface area contributed by atoms with Crippen molar-refractivity contribution in [1.29, 1.82) is 0 Å². The van der Waals surface area contributed by atoms with Crippen LogP contribution in [0.3, 0.4) is 0 Å². The Morgan fingerprint density at radius 2 is 1.57 bits per heavy atom.